The summed E-state index contributed by atoms with van der Waals surface area (Å²) in [5.74, 6) is 0. The number of aromatic nitrogens is 1. The van der Waals surface area contributed by atoms with E-state index in [1.165, 1.54) is 0 Å². The molecule has 0 saturated heterocycles. The Hall–Kier alpha value is -2.07. The predicted molar refractivity (Wildman–Crippen MR) is 47.7 cm³/mol. The zero-order valence-corrected chi connectivity index (χ0v) is 6.99. The SMILES string of the molecule is N#CCCNc1ccnc(C#N)c1. The van der Waals surface area contributed by atoms with Gasteiger partial charge in [0.2, 0.25) is 0 Å². The molecule has 1 aromatic heterocycles. The van der Waals surface area contributed by atoms with Crippen molar-refractivity contribution in [1.29, 1.82) is 10.5 Å². The number of rotatable bonds is 3. The Kier molecular flexibility index (Phi) is 3.29. The van der Waals surface area contributed by atoms with E-state index in [0.717, 1.165) is 5.69 Å². The molecule has 1 aromatic rings. The highest BCUT2D eigenvalue weighted by atomic mass is 14.9. The lowest BCUT2D eigenvalue weighted by molar-refractivity contribution is 1.07. The Labute approximate surface area is 76.4 Å². The highest BCUT2D eigenvalue weighted by molar-refractivity contribution is 5.45. The molecule has 1 N–H and O–H groups in total. The zero-order valence-electron chi connectivity index (χ0n) is 6.99. The molecule has 0 amide bonds. The largest absolute Gasteiger partial charge is 0.384 e. The van der Waals surface area contributed by atoms with E-state index in [0.29, 0.717) is 18.7 Å². The van der Waals surface area contributed by atoms with Gasteiger partial charge in [0.15, 0.2) is 0 Å². The minimum Gasteiger partial charge on any atom is -0.384 e. The van der Waals surface area contributed by atoms with E-state index in [4.69, 9.17) is 10.5 Å². The number of nitriles is 2. The molecule has 1 heterocycles. The first-order chi connectivity index (χ1) is 6.36. The number of hydrogen-bond donors (Lipinski definition) is 1. The lowest BCUT2D eigenvalue weighted by Gasteiger charge is -2.02. The van der Waals surface area contributed by atoms with Crippen LogP contribution in [0.15, 0.2) is 18.3 Å². The summed E-state index contributed by atoms with van der Waals surface area (Å²) in [4.78, 5) is 3.82. The Morgan fingerprint density at radius 2 is 2.31 bits per heavy atom. The maximum Gasteiger partial charge on any atom is 0.142 e. The van der Waals surface area contributed by atoms with Gasteiger partial charge in [-0.25, -0.2) is 4.98 Å². The van der Waals surface area contributed by atoms with Crippen molar-refractivity contribution in [1.82, 2.24) is 4.98 Å². The van der Waals surface area contributed by atoms with E-state index in [-0.39, 0.29) is 0 Å². The van der Waals surface area contributed by atoms with Crippen molar-refractivity contribution in [3.05, 3.63) is 24.0 Å². The molecule has 0 spiro atoms. The fourth-order valence-electron chi connectivity index (χ4n) is 0.864. The maximum absolute atomic E-state index is 8.54. The maximum atomic E-state index is 8.54. The molecule has 0 radical (unpaired) electrons. The molecule has 13 heavy (non-hydrogen) atoms. The minimum atomic E-state index is 0.377. The van der Waals surface area contributed by atoms with Gasteiger partial charge in [0, 0.05) is 18.4 Å². The van der Waals surface area contributed by atoms with Crippen LogP contribution >= 0.6 is 0 Å². The van der Waals surface area contributed by atoms with Gasteiger partial charge in [-0.15, -0.1) is 0 Å². The van der Waals surface area contributed by atoms with Crippen molar-refractivity contribution < 1.29 is 0 Å². The summed E-state index contributed by atoms with van der Waals surface area (Å²) in [6, 6.07) is 7.38. The normalized spacial score (nSPS) is 8.46. The minimum absolute atomic E-state index is 0.377. The van der Waals surface area contributed by atoms with Crippen LogP contribution in [-0.2, 0) is 0 Å². The summed E-state index contributed by atoms with van der Waals surface area (Å²) < 4.78 is 0. The molecular weight excluding hydrogens is 164 g/mol. The molecule has 64 valence electrons. The Morgan fingerprint density at radius 3 is 3.00 bits per heavy atom. The van der Waals surface area contributed by atoms with E-state index >= 15 is 0 Å². The first kappa shape index (κ1) is 9.02. The third kappa shape index (κ3) is 2.80. The molecule has 0 unspecified atom stereocenters. The molecule has 4 nitrogen and oxygen atoms in total. The Balaban J connectivity index is 2.59. The van der Waals surface area contributed by atoms with E-state index in [9.17, 15) is 0 Å². The summed E-state index contributed by atoms with van der Waals surface area (Å²) >= 11 is 0. The Bertz CT molecular complexity index is 359. The third-order valence-corrected chi connectivity index (χ3v) is 1.44. The zero-order chi connectivity index (χ0) is 9.52. The van der Waals surface area contributed by atoms with Crippen LogP contribution in [0.3, 0.4) is 0 Å². The monoisotopic (exact) mass is 172 g/mol. The standard InChI is InChI=1S/C9H8N4/c10-3-1-4-12-8-2-5-13-9(6-8)7-11/h2,5-6H,1,4H2,(H,12,13). The van der Waals surface area contributed by atoms with Gasteiger partial charge in [-0.3, -0.25) is 0 Å². The fourth-order valence-corrected chi connectivity index (χ4v) is 0.864. The van der Waals surface area contributed by atoms with E-state index in [1.54, 1.807) is 18.3 Å². The first-order valence-electron chi connectivity index (χ1n) is 3.84. The number of pyridine rings is 1. The van der Waals surface area contributed by atoms with Gasteiger partial charge in [-0.2, -0.15) is 10.5 Å². The molecule has 0 saturated carbocycles. The van der Waals surface area contributed by atoms with Crippen LogP contribution in [0.2, 0.25) is 0 Å². The van der Waals surface area contributed by atoms with Crippen LogP contribution in [0, 0.1) is 22.7 Å². The third-order valence-electron chi connectivity index (χ3n) is 1.44. The van der Waals surface area contributed by atoms with Crippen molar-refractivity contribution in [2.75, 3.05) is 11.9 Å². The molecule has 0 bridgehead atoms. The van der Waals surface area contributed by atoms with E-state index in [1.807, 2.05) is 12.1 Å². The first-order valence-corrected chi connectivity index (χ1v) is 3.84. The van der Waals surface area contributed by atoms with E-state index in [2.05, 4.69) is 10.3 Å². The Morgan fingerprint density at radius 1 is 1.46 bits per heavy atom. The van der Waals surface area contributed by atoms with Crippen molar-refractivity contribution >= 4 is 5.69 Å². The van der Waals surface area contributed by atoms with Gasteiger partial charge < -0.3 is 5.32 Å². The number of nitrogens with one attached hydrogen (secondary N) is 1. The molecule has 1 rings (SSSR count). The summed E-state index contributed by atoms with van der Waals surface area (Å²) in [5, 5.41) is 19.8. The fraction of sp³-hybridized carbons (Fsp3) is 0.222. The molecule has 4 heteroatoms. The molecule has 0 atom stereocenters. The molecule has 0 aliphatic carbocycles. The summed E-state index contributed by atoms with van der Waals surface area (Å²) in [5.41, 5.74) is 1.20. The number of hydrogen-bond acceptors (Lipinski definition) is 4. The molecule has 0 aliphatic rings. The topological polar surface area (TPSA) is 72.5 Å². The average molecular weight is 172 g/mol. The highest BCUT2D eigenvalue weighted by Gasteiger charge is 1.94. The van der Waals surface area contributed by atoms with Crippen molar-refractivity contribution in [3.8, 4) is 12.1 Å². The van der Waals surface area contributed by atoms with Crippen LogP contribution < -0.4 is 5.32 Å². The van der Waals surface area contributed by atoms with Gasteiger partial charge in [-0.1, -0.05) is 0 Å². The number of nitrogens with zero attached hydrogens (tertiary/aromatic N) is 3. The molecule has 0 fully saturated rings. The molecule has 0 aliphatic heterocycles. The van der Waals surface area contributed by atoms with Crippen LogP contribution in [0.25, 0.3) is 0 Å². The summed E-state index contributed by atoms with van der Waals surface area (Å²) in [6.45, 7) is 0.589. The number of anilines is 1. The summed E-state index contributed by atoms with van der Waals surface area (Å²) in [6.07, 6.45) is 2.01. The van der Waals surface area contributed by atoms with Crippen molar-refractivity contribution in [3.63, 3.8) is 0 Å². The van der Waals surface area contributed by atoms with Gasteiger partial charge in [0.05, 0.1) is 12.5 Å². The van der Waals surface area contributed by atoms with Crippen LogP contribution in [0.4, 0.5) is 5.69 Å². The van der Waals surface area contributed by atoms with Crippen molar-refractivity contribution in [2.45, 2.75) is 6.42 Å². The van der Waals surface area contributed by atoms with Gasteiger partial charge in [0.25, 0.3) is 0 Å². The second-order valence-corrected chi connectivity index (χ2v) is 2.38. The van der Waals surface area contributed by atoms with E-state index < -0.39 is 0 Å². The van der Waals surface area contributed by atoms with Crippen LogP contribution in [0.5, 0.6) is 0 Å². The highest BCUT2D eigenvalue weighted by Crippen LogP contribution is 2.06. The van der Waals surface area contributed by atoms with Gasteiger partial charge >= 0.3 is 0 Å². The second-order valence-electron chi connectivity index (χ2n) is 2.38. The van der Waals surface area contributed by atoms with Crippen molar-refractivity contribution in [2.24, 2.45) is 0 Å². The second kappa shape index (κ2) is 4.74. The van der Waals surface area contributed by atoms with Gasteiger partial charge in [0.1, 0.15) is 11.8 Å². The molecule has 0 aromatic carbocycles. The lowest BCUT2D eigenvalue weighted by Crippen LogP contribution is -2.00. The lowest BCUT2D eigenvalue weighted by atomic mass is 10.3. The average Bonchev–Trinajstić information content (AvgIpc) is 2.19. The van der Waals surface area contributed by atoms with Crippen LogP contribution in [0.1, 0.15) is 12.1 Å². The van der Waals surface area contributed by atoms with Crippen LogP contribution in [-0.4, -0.2) is 11.5 Å². The summed E-state index contributed by atoms with van der Waals surface area (Å²) in [7, 11) is 0. The molecular formula is C9H8N4. The van der Waals surface area contributed by atoms with Gasteiger partial charge in [-0.05, 0) is 12.1 Å². The smallest absolute Gasteiger partial charge is 0.142 e. The quantitative estimate of drug-likeness (QED) is 0.697. The predicted octanol–water partition coefficient (Wildman–Crippen LogP) is 1.28.